The van der Waals surface area contributed by atoms with E-state index in [2.05, 4.69) is 0 Å². The molecule has 34 heavy (non-hydrogen) atoms. The van der Waals surface area contributed by atoms with E-state index in [1.165, 1.54) is 12.1 Å². The molecule has 0 saturated carbocycles. The van der Waals surface area contributed by atoms with E-state index in [1.807, 2.05) is 11.4 Å². The van der Waals surface area contributed by atoms with E-state index in [9.17, 15) is 31.2 Å². The highest BCUT2D eigenvalue weighted by atomic mass is 32.2. The summed E-state index contributed by atoms with van der Waals surface area (Å²) in [6.45, 7) is -1.03. The number of para-hydroxylation sites is 1. The molecule has 1 saturated heterocycles. The Morgan fingerprint density at radius 3 is 2.26 bits per heavy atom. The van der Waals surface area contributed by atoms with Crippen molar-refractivity contribution in [3.8, 4) is 0 Å². The van der Waals surface area contributed by atoms with Crippen LogP contribution in [0, 0.1) is 0 Å². The summed E-state index contributed by atoms with van der Waals surface area (Å²) >= 11 is 0. The maximum atomic E-state index is 13.2. The van der Waals surface area contributed by atoms with Gasteiger partial charge in [-0.1, -0.05) is 30.3 Å². The molecule has 1 heterocycles. The van der Waals surface area contributed by atoms with E-state index >= 15 is 0 Å². The Kier molecular flexibility index (Phi) is 7.98. The molecule has 0 aliphatic carbocycles. The summed E-state index contributed by atoms with van der Waals surface area (Å²) in [5, 5.41) is 1.82. The van der Waals surface area contributed by atoms with Crippen molar-refractivity contribution in [3.63, 3.8) is 0 Å². The second-order valence-electron chi connectivity index (χ2n) is 8.32. The fraction of sp³-hybridized carbons (Fsp3) is 0.391. The minimum atomic E-state index is -4.48. The predicted molar refractivity (Wildman–Crippen MR) is 122 cm³/mol. The lowest BCUT2D eigenvalue weighted by molar-refractivity contribution is -0.123. The van der Waals surface area contributed by atoms with Crippen LogP contribution in [0.15, 0.2) is 54.6 Å². The summed E-state index contributed by atoms with van der Waals surface area (Å²) < 4.78 is 60.8. The number of anilines is 1. The number of rotatable bonds is 8. The van der Waals surface area contributed by atoms with Crippen LogP contribution in [0.2, 0.25) is 0 Å². The zero-order valence-electron chi connectivity index (χ0n) is 18.6. The summed E-state index contributed by atoms with van der Waals surface area (Å²) in [5.41, 5.74) is 1.50. The molecular weight excluding hydrogens is 471 g/mol. The van der Waals surface area contributed by atoms with Crippen molar-refractivity contribution in [1.82, 2.24) is 10.2 Å². The predicted octanol–water partition coefficient (Wildman–Crippen LogP) is 2.63. The molecule has 0 aromatic heterocycles. The number of nitrogens with one attached hydrogen (secondary N) is 1. The van der Waals surface area contributed by atoms with Crippen LogP contribution in [0.3, 0.4) is 0 Å². The third-order valence-electron chi connectivity index (χ3n) is 5.40. The van der Waals surface area contributed by atoms with E-state index in [0.29, 0.717) is 18.7 Å². The van der Waals surface area contributed by atoms with Crippen molar-refractivity contribution < 1.29 is 31.2 Å². The molecule has 3 rings (SSSR count). The van der Waals surface area contributed by atoms with Gasteiger partial charge in [-0.3, -0.25) is 14.5 Å². The Bertz CT molecular complexity index is 1110. The van der Waals surface area contributed by atoms with Gasteiger partial charge in [-0.2, -0.15) is 13.2 Å². The van der Waals surface area contributed by atoms with Crippen molar-refractivity contribution in [2.75, 3.05) is 36.5 Å². The average molecular weight is 498 g/mol. The van der Waals surface area contributed by atoms with Crippen LogP contribution in [0.5, 0.6) is 0 Å². The topological polar surface area (TPSA) is 86.8 Å². The third-order valence-corrected chi connectivity index (χ3v) is 7.15. The number of hydrogen-bond donors (Lipinski definition) is 1. The Balaban J connectivity index is 1.63. The van der Waals surface area contributed by atoms with Gasteiger partial charge < -0.3 is 10.2 Å². The number of halogens is 3. The zero-order valence-corrected chi connectivity index (χ0v) is 19.4. The molecule has 2 amide bonds. The first kappa shape index (κ1) is 25.7. The molecule has 1 aliphatic rings. The molecule has 0 radical (unpaired) electrons. The van der Waals surface area contributed by atoms with Gasteiger partial charge >= 0.3 is 6.18 Å². The number of carbonyl (C=O) groups excluding carboxylic acids is 2. The first-order valence-corrected chi connectivity index (χ1v) is 12.5. The average Bonchev–Trinajstić information content (AvgIpc) is 3.12. The quantitative estimate of drug-likeness (QED) is 0.606. The van der Waals surface area contributed by atoms with Crippen molar-refractivity contribution in [1.29, 1.82) is 0 Å². The first-order valence-electron chi connectivity index (χ1n) is 10.6. The zero-order chi connectivity index (χ0) is 24.9. The number of nitrogens with zero attached hydrogens (tertiary/aromatic N) is 2. The van der Waals surface area contributed by atoms with Crippen molar-refractivity contribution >= 4 is 27.3 Å². The lowest BCUT2D eigenvalue weighted by atomic mass is 10.1. The van der Waals surface area contributed by atoms with Gasteiger partial charge in [-0.25, -0.2) is 8.42 Å². The number of benzene rings is 2. The summed E-state index contributed by atoms with van der Waals surface area (Å²) in [4.78, 5) is 28.3. The monoisotopic (exact) mass is 497 g/mol. The molecule has 1 atom stereocenters. The first-order chi connectivity index (χ1) is 15.9. The number of amides is 2. The van der Waals surface area contributed by atoms with Crippen LogP contribution in [0.1, 0.15) is 22.3 Å². The number of alkyl halides is 3. The fourth-order valence-electron chi connectivity index (χ4n) is 3.84. The van der Waals surface area contributed by atoms with Gasteiger partial charge in [0.2, 0.25) is 5.91 Å². The van der Waals surface area contributed by atoms with Gasteiger partial charge in [-0.05, 0) is 43.3 Å². The molecule has 1 aliphatic heterocycles. The van der Waals surface area contributed by atoms with E-state index in [0.717, 1.165) is 5.56 Å². The normalized spacial score (nSPS) is 17.5. The molecule has 0 bridgehead atoms. The minimum absolute atomic E-state index is 0.0270. The smallest absolute Gasteiger partial charge is 0.343 e. The van der Waals surface area contributed by atoms with E-state index in [1.54, 1.807) is 53.2 Å². The van der Waals surface area contributed by atoms with Crippen molar-refractivity contribution in [3.05, 3.63) is 65.7 Å². The van der Waals surface area contributed by atoms with Gasteiger partial charge in [0.15, 0.2) is 9.84 Å². The molecule has 2 aromatic rings. The van der Waals surface area contributed by atoms with Crippen LogP contribution in [0.4, 0.5) is 18.9 Å². The Morgan fingerprint density at radius 1 is 1.06 bits per heavy atom. The van der Waals surface area contributed by atoms with Gasteiger partial charge in [0.05, 0.1) is 24.1 Å². The summed E-state index contributed by atoms with van der Waals surface area (Å²) in [5.74, 6) is -1.08. The highest BCUT2D eigenvalue weighted by Gasteiger charge is 2.35. The number of likely N-dealkylation sites (N-methyl/N-ethyl adjacent to an activating group) is 1. The van der Waals surface area contributed by atoms with E-state index < -0.39 is 34.5 Å². The van der Waals surface area contributed by atoms with Crippen LogP contribution >= 0.6 is 0 Å². The number of sulfone groups is 1. The third kappa shape index (κ3) is 7.29. The summed E-state index contributed by atoms with van der Waals surface area (Å²) in [6.07, 6.45) is -4.11. The largest absolute Gasteiger partial charge is 0.405 e. The van der Waals surface area contributed by atoms with Crippen LogP contribution in [0.25, 0.3) is 0 Å². The Hall–Kier alpha value is -2.92. The molecule has 1 N–H and O–H groups in total. The molecule has 7 nitrogen and oxygen atoms in total. The molecule has 1 fully saturated rings. The maximum absolute atomic E-state index is 13.2. The van der Waals surface area contributed by atoms with Crippen molar-refractivity contribution in [2.24, 2.45) is 0 Å². The molecule has 2 aromatic carbocycles. The lowest BCUT2D eigenvalue weighted by Gasteiger charge is -2.30. The number of hydrogen-bond acceptors (Lipinski definition) is 5. The van der Waals surface area contributed by atoms with Gasteiger partial charge in [0.25, 0.3) is 5.91 Å². The van der Waals surface area contributed by atoms with Gasteiger partial charge in [-0.15, -0.1) is 0 Å². The van der Waals surface area contributed by atoms with Crippen LogP contribution in [-0.4, -0.2) is 69.0 Å². The standard InChI is InChI=1S/C23H26F3N3O4S/c1-28(13-17-7-9-18(10-8-17)22(31)27-16-23(24,25)26)14-21(30)29(19-5-3-2-4-6-19)20-11-12-34(32,33)15-20/h2-10,20H,11-16H2,1H3,(H,27,31). The van der Waals surface area contributed by atoms with E-state index in [4.69, 9.17) is 0 Å². The molecule has 0 spiro atoms. The van der Waals surface area contributed by atoms with Crippen molar-refractivity contribution in [2.45, 2.75) is 25.2 Å². The fourth-order valence-corrected chi connectivity index (χ4v) is 5.54. The SMILES string of the molecule is CN(CC(=O)N(c1ccccc1)C1CCS(=O)(=O)C1)Cc1ccc(C(=O)NCC(F)(F)F)cc1. The highest BCUT2D eigenvalue weighted by molar-refractivity contribution is 7.91. The van der Waals surface area contributed by atoms with Gasteiger partial charge in [0, 0.05) is 17.8 Å². The minimum Gasteiger partial charge on any atom is -0.343 e. The molecule has 11 heteroatoms. The highest BCUT2D eigenvalue weighted by Crippen LogP contribution is 2.25. The van der Waals surface area contributed by atoms with E-state index in [-0.39, 0.29) is 29.5 Å². The number of carbonyl (C=O) groups is 2. The molecule has 184 valence electrons. The molecular formula is C23H26F3N3O4S. The Labute approximate surface area is 196 Å². The van der Waals surface area contributed by atoms with Crippen LogP contribution < -0.4 is 10.2 Å². The van der Waals surface area contributed by atoms with Gasteiger partial charge in [0.1, 0.15) is 6.54 Å². The molecule has 1 unspecified atom stereocenters. The Morgan fingerprint density at radius 2 is 1.71 bits per heavy atom. The summed E-state index contributed by atoms with van der Waals surface area (Å²) in [7, 11) is -1.45. The lowest BCUT2D eigenvalue weighted by Crippen LogP contribution is -2.45. The van der Waals surface area contributed by atoms with Crippen LogP contribution in [-0.2, 0) is 21.2 Å². The summed E-state index contributed by atoms with van der Waals surface area (Å²) in [6, 6.07) is 14.6. The second kappa shape index (κ2) is 10.6. The second-order valence-corrected chi connectivity index (χ2v) is 10.6. The maximum Gasteiger partial charge on any atom is 0.405 e.